The van der Waals surface area contributed by atoms with Crippen LogP contribution in [0.2, 0.25) is 0 Å². The molecule has 1 fully saturated rings. The van der Waals surface area contributed by atoms with Crippen LogP contribution in [0, 0.1) is 0 Å². The van der Waals surface area contributed by atoms with Gasteiger partial charge in [0, 0.05) is 35.7 Å². The molecule has 0 bridgehead atoms. The van der Waals surface area contributed by atoms with Crippen molar-refractivity contribution in [2.24, 2.45) is 0 Å². The average Bonchev–Trinajstić information content (AvgIpc) is 2.58. The van der Waals surface area contributed by atoms with Gasteiger partial charge in [-0.25, -0.2) is 0 Å². The monoisotopic (exact) mass is 393 g/mol. The smallest absolute Gasteiger partial charge is 0.127 e. The van der Waals surface area contributed by atoms with Gasteiger partial charge in [-0.05, 0) is 69.9 Å². The molecule has 132 valence electrons. The van der Waals surface area contributed by atoms with Crippen LogP contribution in [0.25, 0.3) is 6.08 Å². The molecule has 0 aromatic heterocycles. The van der Waals surface area contributed by atoms with E-state index in [9.17, 15) is 0 Å². The van der Waals surface area contributed by atoms with E-state index in [-0.39, 0.29) is 0 Å². The van der Waals surface area contributed by atoms with E-state index in [0.29, 0.717) is 12.6 Å². The summed E-state index contributed by atoms with van der Waals surface area (Å²) in [5, 5.41) is 3.73. The molecule has 2 aliphatic rings. The molecule has 0 radical (unpaired) electrons. The van der Waals surface area contributed by atoms with Gasteiger partial charge in [0.15, 0.2) is 0 Å². The van der Waals surface area contributed by atoms with Crippen molar-refractivity contribution in [2.75, 3.05) is 53.4 Å². The topological polar surface area (TPSA) is 27.7 Å². The van der Waals surface area contributed by atoms with Crippen molar-refractivity contribution in [3.05, 3.63) is 33.8 Å². The van der Waals surface area contributed by atoms with Crippen LogP contribution >= 0.6 is 15.9 Å². The Bertz CT molecular complexity index is 580. The van der Waals surface area contributed by atoms with Crippen LogP contribution in [0.4, 0.5) is 0 Å². The highest BCUT2D eigenvalue weighted by atomic mass is 79.9. The van der Waals surface area contributed by atoms with Crippen LogP contribution in [0.5, 0.6) is 5.75 Å². The first-order chi connectivity index (χ1) is 11.6. The maximum Gasteiger partial charge on any atom is 0.127 e. The Kier molecular flexibility index (Phi) is 6.33. The summed E-state index contributed by atoms with van der Waals surface area (Å²) in [5.74, 6) is 0.983. The molecular weight excluding hydrogens is 366 g/mol. The number of piperidine rings is 1. The van der Waals surface area contributed by atoms with E-state index in [1.807, 2.05) is 12.1 Å². The van der Waals surface area contributed by atoms with Crippen molar-refractivity contribution in [1.82, 2.24) is 15.1 Å². The van der Waals surface area contributed by atoms with Crippen LogP contribution in [0.3, 0.4) is 0 Å². The standard InChI is InChI=1S/C19H28BrN3O/c1-22(2)9-10-23-7-5-18(6-8-23)21-13-15-11-16-12-17(20)3-4-19(16)24-14-15/h3-4,11-12,18,21H,5-10,13-14H2,1-2H3. The Balaban J connectivity index is 1.44. The molecule has 24 heavy (non-hydrogen) atoms. The van der Waals surface area contributed by atoms with Crippen molar-refractivity contribution in [2.45, 2.75) is 18.9 Å². The second-order valence-corrected chi connectivity index (χ2v) is 7.99. The van der Waals surface area contributed by atoms with Crippen molar-refractivity contribution in [1.29, 1.82) is 0 Å². The molecule has 2 heterocycles. The number of rotatable bonds is 6. The van der Waals surface area contributed by atoms with Crippen molar-refractivity contribution >= 4 is 22.0 Å². The minimum atomic E-state index is 0.630. The molecule has 0 spiro atoms. The normalized spacial score (nSPS) is 19.1. The second kappa shape index (κ2) is 8.48. The summed E-state index contributed by atoms with van der Waals surface area (Å²) in [4.78, 5) is 4.84. The summed E-state index contributed by atoms with van der Waals surface area (Å²) in [5.41, 5.74) is 2.50. The van der Waals surface area contributed by atoms with Gasteiger partial charge in [0.25, 0.3) is 0 Å². The third-order valence-electron chi connectivity index (χ3n) is 4.81. The number of hydrogen-bond acceptors (Lipinski definition) is 4. The molecule has 2 aliphatic heterocycles. The fourth-order valence-corrected chi connectivity index (χ4v) is 3.65. The number of ether oxygens (including phenoxy) is 1. The van der Waals surface area contributed by atoms with Crippen LogP contribution in [0.15, 0.2) is 28.2 Å². The first kappa shape index (κ1) is 17.9. The molecule has 0 atom stereocenters. The van der Waals surface area contributed by atoms with Gasteiger partial charge in [0.2, 0.25) is 0 Å². The van der Waals surface area contributed by atoms with E-state index in [0.717, 1.165) is 23.3 Å². The zero-order valence-corrected chi connectivity index (χ0v) is 16.3. The summed E-state index contributed by atoms with van der Waals surface area (Å²) in [6.07, 6.45) is 4.75. The van der Waals surface area contributed by atoms with E-state index in [2.05, 4.69) is 57.3 Å². The number of benzene rings is 1. The maximum atomic E-state index is 5.86. The van der Waals surface area contributed by atoms with Gasteiger partial charge in [0.1, 0.15) is 12.4 Å². The summed E-state index contributed by atoms with van der Waals surface area (Å²) in [6.45, 7) is 6.37. The summed E-state index contributed by atoms with van der Waals surface area (Å²) in [6, 6.07) is 6.81. The largest absolute Gasteiger partial charge is 0.489 e. The number of nitrogens with one attached hydrogen (secondary N) is 1. The maximum absolute atomic E-state index is 5.86. The predicted molar refractivity (Wildman–Crippen MR) is 104 cm³/mol. The third kappa shape index (κ3) is 5.06. The fourth-order valence-electron chi connectivity index (χ4n) is 3.28. The molecule has 1 N–H and O–H groups in total. The van der Waals surface area contributed by atoms with E-state index in [4.69, 9.17) is 4.74 Å². The van der Waals surface area contributed by atoms with Crippen molar-refractivity contribution in [3.63, 3.8) is 0 Å². The third-order valence-corrected chi connectivity index (χ3v) is 5.31. The van der Waals surface area contributed by atoms with E-state index < -0.39 is 0 Å². The van der Waals surface area contributed by atoms with E-state index in [1.165, 1.54) is 43.6 Å². The summed E-state index contributed by atoms with van der Waals surface area (Å²) < 4.78 is 6.96. The number of halogens is 1. The molecule has 3 rings (SSSR count). The van der Waals surface area contributed by atoms with Gasteiger partial charge >= 0.3 is 0 Å². The Morgan fingerprint density at radius 2 is 2.08 bits per heavy atom. The number of likely N-dealkylation sites (tertiary alicyclic amines) is 1. The zero-order chi connectivity index (χ0) is 16.9. The zero-order valence-electron chi connectivity index (χ0n) is 14.7. The number of hydrogen-bond donors (Lipinski definition) is 1. The van der Waals surface area contributed by atoms with Crippen molar-refractivity contribution in [3.8, 4) is 5.75 Å². The predicted octanol–water partition coefficient (Wildman–Crippen LogP) is 2.84. The minimum absolute atomic E-state index is 0.630. The molecule has 5 heteroatoms. The highest BCUT2D eigenvalue weighted by Crippen LogP contribution is 2.29. The lowest BCUT2D eigenvalue weighted by Crippen LogP contribution is -2.45. The SMILES string of the molecule is CN(C)CCN1CCC(NCC2=Cc3cc(Br)ccc3OC2)CC1. The van der Waals surface area contributed by atoms with Crippen LogP contribution in [-0.4, -0.2) is 69.3 Å². The minimum Gasteiger partial charge on any atom is -0.489 e. The fraction of sp³-hybridized carbons (Fsp3) is 0.579. The molecular formula is C19H28BrN3O. The highest BCUT2D eigenvalue weighted by Gasteiger charge is 2.19. The van der Waals surface area contributed by atoms with E-state index in [1.54, 1.807) is 0 Å². The van der Waals surface area contributed by atoms with Crippen LogP contribution < -0.4 is 10.1 Å². The Morgan fingerprint density at radius 3 is 2.83 bits per heavy atom. The Hall–Kier alpha value is -0.880. The molecule has 0 amide bonds. The molecule has 4 nitrogen and oxygen atoms in total. The second-order valence-electron chi connectivity index (χ2n) is 7.07. The summed E-state index contributed by atoms with van der Waals surface area (Å²) in [7, 11) is 4.29. The van der Waals surface area contributed by atoms with E-state index >= 15 is 0 Å². The molecule has 0 unspecified atom stereocenters. The van der Waals surface area contributed by atoms with Gasteiger partial charge in [-0.1, -0.05) is 15.9 Å². The van der Waals surface area contributed by atoms with Crippen molar-refractivity contribution < 1.29 is 4.74 Å². The molecule has 1 saturated heterocycles. The van der Waals surface area contributed by atoms with Crippen LogP contribution in [0.1, 0.15) is 18.4 Å². The first-order valence-corrected chi connectivity index (χ1v) is 9.62. The quantitative estimate of drug-likeness (QED) is 0.803. The van der Waals surface area contributed by atoms with Gasteiger partial charge in [-0.2, -0.15) is 0 Å². The lowest BCUT2D eigenvalue weighted by Gasteiger charge is -2.33. The van der Waals surface area contributed by atoms with Gasteiger partial charge in [0.05, 0.1) is 0 Å². The Morgan fingerprint density at radius 1 is 1.29 bits per heavy atom. The number of fused-ring (bicyclic) bond motifs is 1. The van der Waals surface area contributed by atoms with Gasteiger partial charge in [-0.15, -0.1) is 0 Å². The van der Waals surface area contributed by atoms with Gasteiger partial charge in [-0.3, -0.25) is 0 Å². The number of likely N-dealkylation sites (N-methyl/N-ethyl adjacent to an activating group) is 1. The van der Waals surface area contributed by atoms with Crippen LogP contribution in [-0.2, 0) is 0 Å². The molecule has 0 aliphatic carbocycles. The van der Waals surface area contributed by atoms with Gasteiger partial charge < -0.3 is 19.9 Å². The number of nitrogens with zero attached hydrogens (tertiary/aromatic N) is 2. The Labute approximate surface area is 154 Å². The molecule has 0 saturated carbocycles. The summed E-state index contributed by atoms with van der Waals surface area (Å²) >= 11 is 3.53. The highest BCUT2D eigenvalue weighted by molar-refractivity contribution is 9.10. The first-order valence-electron chi connectivity index (χ1n) is 8.82. The molecule has 1 aromatic rings. The average molecular weight is 394 g/mol. The lowest BCUT2D eigenvalue weighted by molar-refractivity contribution is 0.183. The lowest BCUT2D eigenvalue weighted by atomic mass is 10.0. The molecule has 1 aromatic carbocycles.